The number of hydrogen-bond acceptors (Lipinski definition) is 5. The second kappa shape index (κ2) is 6.19. The highest BCUT2D eigenvalue weighted by Gasteiger charge is 2.45. The Morgan fingerprint density at radius 2 is 2.21 bits per heavy atom. The van der Waals surface area contributed by atoms with Gasteiger partial charge in [-0.3, -0.25) is 10.1 Å². The second-order valence-corrected chi connectivity index (χ2v) is 7.36. The van der Waals surface area contributed by atoms with Crippen LogP contribution < -0.4 is 0 Å². The average molecular weight is 363 g/mol. The maximum atomic E-state index is 15.1. The second-order valence-electron chi connectivity index (χ2n) is 7.01. The monoisotopic (exact) mass is 362 g/mol. The molecule has 0 radical (unpaired) electrons. The van der Waals surface area contributed by atoms with Gasteiger partial charge in [0, 0.05) is 6.54 Å². The fourth-order valence-electron chi connectivity index (χ4n) is 2.67. The molecule has 0 bridgehead atoms. The molecule has 0 spiro atoms. The van der Waals surface area contributed by atoms with E-state index in [1.165, 1.54) is 11.8 Å². The van der Waals surface area contributed by atoms with E-state index in [2.05, 4.69) is 5.10 Å². The Balaban J connectivity index is 2.18. The van der Waals surface area contributed by atoms with Crippen LogP contribution in [0.3, 0.4) is 0 Å². The van der Waals surface area contributed by atoms with E-state index in [0.717, 1.165) is 10.9 Å². The summed E-state index contributed by atoms with van der Waals surface area (Å²) in [5.41, 5.74) is -2.91. The number of likely N-dealkylation sites (tertiary alicyclic amines) is 1. The van der Waals surface area contributed by atoms with Crippen LogP contribution in [-0.2, 0) is 4.74 Å². The molecule has 2 unspecified atom stereocenters. The number of amides is 1. The van der Waals surface area contributed by atoms with Crippen molar-refractivity contribution in [3.63, 3.8) is 0 Å². The number of rotatable bonds is 2. The van der Waals surface area contributed by atoms with Gasteiger partial charge < -0.3 is 9.64 Å². The molecule has 1 aromatic rings. The van der Waals surface area contributed by atoms with Gasteiger partial charge >= 0.3 is 11.8 Å². The zero-order valence-electron chi connectivity index (χ0n) is 14.0. The summed E-state index contributed by atoms with van der Waals surface area (Å²) in [7, 11) is 0. The normalized spacial score (nSPS) is 24.8. The number of carbonyl (C=O) groups excluding carboxylic acids is 1. The van der Waals surface area contributed by atoms with Crippen molar-refractivity contribution < 1.29 is 18.8 Å². The van der Waals surface area contributed by atoms with Crippen LogP contribution in [0.1, 0.15) is 40.2 Å². The van der Waals surface area contributed by atoms with E-state index >= 15 is 4.39 Å². The van der Waals surface area contributed by atoms with Crippen LogP contribution in [0.25, 0.3) is 0 Å². The van der Waals surface area contributed by atoms with Crippen molar-refractivity contribution in [1.29, 1.82) is 0 Å². The predicted molar refractivity (Wildman–Crippen MR) is 84.9 cm³/mol. The number of nitro groups is 1. The van der Waals surface area contributed by atoms with Crippen LogP contribution >= 0.6 is 11.6 Å². The number of alkyl halides is 1. The molecule has 1 saturated heterocycles. The quantitative estimate of drug-likeness (QED) is 0.594. The lowest BCUT2D eigenvalue weighted by Gasteiger charge is -2.41. The molecular formula is C14H20ClFN4O4. The maximum Gasteiger partial charge on any atom is 0.410 e. The Morgan fingerprint density at radius 3 is 2.67 bits per heavy atom. The number of aromatic nitrogens is 2. The summed E-state index contributed by atoms with van der Waals surface area (Å²) in [6.45, 7) is 6.54. The minimum atomic E-state index is -1.86. The molecule has 1 aromatic heterocycles. The van der Waals surface area contributed by atoms with Crippen LogP contribution in [0, 0.1) is 10.1 Å². The molecule has 1 aliphatic heterocycles. The fraction of sp³-hybridized carbons (Fsp3) is 0.714. The molecule has 0 aromatic carbocycles. The van der Waals surface area contributed by atoms with Crippen molar-refractivity contribution in [1.82, 2.24) is 14.7 Å². The molecule has 1 amide bonds. The summed E-state index contributed by atoms with van der Waals surface area (Å²) in [5, 5.41) is 14.5. The minimum Gasteiger partial charge on any atom is -0.444 e. The first-order valence-electron chi connectivity index (χ1n) is 7.46. The topological polar surface area (TPSA) is 90.5 Å². The van der Waals surface area contributed by atoms with E-state index in [-0.39, 0.29) is 30.4 Å². The smallest absolute Gasteiger partial charge is 0.410 e. The first-order chi connectivity index (χ1) is 10.9. The van der Waals surface area contributed by atoms with Gasteiger partial charge in [0.15, 0.2) is 0 Å². The van der Waals surface area contributed by atoms with Crippen molar-refractivity contribution in [2.45, 2.75) is 51.4 Å². The third-order valence-corrected chi connectivity index (χ3v) is 4.09. The Bertz CT molecular complexity index is 656. The summed E-state index contributed by atoms with van der Waals surface area (Å²) < 4.78 is 21.5. The number of halogens is 2. The van der Waals surface area contributed by atoms with Crippen molar-refractivity contribution >= 4 is 23.4 Å². The Kier molecular flexibility index (Phi) is 4.76. The number of piperidine rings is 1. The number of ether oxygens (including phenoxy) is 1. The standard InChI is InChI=1S/C14H20ClFN4O4/c1-13(2,3)24-12(21)18-6-5-10(14(4,16)8-18)19-11(15)9(7-17-19)20(22)23/h7,10H,5-6,8H2,1-4H3. The van der Waals surface area contributed by atoms with Crippen LogP contribution in [0.4, 0.5) is 14.9 Å². The van der Waals surface area contributed by atoms with Gasteiger partial charge in [0.25, 0.3) is 0 Å². The predicted octanol–water partition coefficient (Wildman–Crippen LogP) is 3.35. The molecule has 10 heteroatoms. The van der Waals surface area contributed by atoms with Crippen molar-refractivity contribution in [2.75, 3.05) is 13.1 Å². The van der Waals surface area contributed by atoms with E-state index in [1.54, 1.807) is 20.8 Å². The summed E-state index contributed by atoms with van der Waals surface area (Å²) in [6.07, 6.45) is 0.617. The van der Waals surface area contributed by atoms with Crippen LogP contribution in [0.2, 0.25) is 5.15 Å². The third kappa shape index (κ3) is 3.77. The fourth-order valence-corrected chi connectivity index (χ4v) is 2.95. The zero-order valence-corrected chi connectivity index (χ0v) is 14.7. The van der Waals surface area contributed by atoms with Gasteiger partial charge in [-0.05, 0) is 34.1 Å². The van der Waals surface area contributed by atoms with E-state index in [1.807, 2.05) is 0 Å². The summed E-state index contributed by atoms with van der Waals surface area (Å²) in [5.74, 6) is 0. The molecule has 2 heterocycles. The van der Waals surface area contributed by atoms with Gasteiger partial charge in [0.05, 0.1) is 17.5 Å². The molecule has 134 valence electrons. The Morgan fingerprint density at radius 1 is 1.58 bits per heavy atom. The van der Waals surface area contributed by atoms with Gasteiger partial charge in [-0.2, -0.15) is 5.10 Å². The van der Waals surface area contributed by atoms with Gasteiger partial charge in [-0.1, -0.05) is 11.6 Å². The van der Waals surface area contributed by atoms with E-state index < -0.39 is 28.3 Å². The van der Waals surface area contributed by atoms with E-state index in [0.29, 0.717) is 0 Å². The lowest BCUT2D eigenvalue weighted by atomic mass is 9.91. The molecule has 1 aliphatic rings. The molecule has 8 nitrogen and oxygen atoms in total. The Labute approximate surface area is 143 Å². The highest BCUT2D eigenvalue weighted by atomic mass is 35.5. The Hall–Kier alpha value is -1.90. The van der Waals surface area contributed by atoms with E-state index in [4.69, 9.17) is 16.3 Å². The molecular weight excluding hydrogens is 343 g/mol. The molecule has 2 atom stereocenters. The maximum absolute atomic E-state index is 15.1. The van der Waals surface area contributed by atoms with Gasteiger partial charge in [-0.25, -0.2) is 13.9 Å². The van der Waals surface area contributed by atoms with Crippen molar-refractivity contribution in [3.8, 4) is 0 Å². The molecule has 0 saturated carbocycles. The van der Waals surface area contributed by atoms with Crippen LogP contribution in [0.5, 0.6) is 0 Å². The lowest BCUT2D eigenvalue weighted by molar-refractivity contribution is -0.384. The van der Waals surface area contributed by atoms with Crippen molar-refractivity contribution in [2.24, 2.45) is 0 Å². The van der Waals surface area contributed by atoms with E-state index in [9.17, 15) is 14.9 Å². The van der Waals surface area contributed by atoms with Gasteiger partial charge in [0.2, 0.25) is 5.15 Å². The van der Waals surface area contributed by atoms with Crippen LogP contribution in [-0.4, -0.2) is 50.1 Å². The average Bonchev–Trinajstić information content (AvgIpc) is 2.77. The van der Waals surface area contributed by atoms with Crippen molar-refractivity contribution in [3.05, 3.63) is 21.5 Å². The SMILES string of the molecule is CC(C)(C)OC(=O)N1CCC(n2ncc([N+](=O)[O-])c2Cl)C(C)(F)C1. The lowest BCUT2D eigenvalue weighted by Crippen LogP contribution is -2.53. The molecule has 24 heavy (non-hydrogen) atoms. The largest absolute Gasteiger partial charge is 0.444 e. The summed E-state index contributed by atoms with van der Waals surface area (Å²) >= 11 is 5.95. The summed E-state index contributed by atoms with van der Waals surface area (Å²) in [4.78, 5) is 23.6. The minimum absolute atomic E-state index is 0.212. The number of hydrogen-bond donors (Lipinski definition) is 0. The first-order valence-corrected chi connectivity index (χ1v) is 7.84. The number of nitrogens with zero attached hydrogens (tertiary/aromatic N) is 4. The molecule has 0 aliphatic carbocycles. The third-order valence-electron chi connectivity index (χ3n) is 3.73. The first kappa shape index (κ1) is 18.4. The molecule has 2 rings (SSSR count). The zero-order chi connectivity index (χ0) is 18.3. The van der Waals surface area contributed by atoms with Gasteiger partial charge in [0.1, 0.15) is 17.5 Å². The highest BCUT2D eigenvalue weighted by molar-refractivity contribution is 6.31. The van der Waals surface area contributed by atoms with Crippen LogP contribution in [0.15, 0.2) is 6.20 Å². The highest BCUT2D eigenvalue weighted by Crippen LogP contribution is 2.38. The molecule has 1 fully saturated rings. The summed E-state index contributed by atoms with van der Waals surface area (Å²) in [6, 6.07) is -0.808. The molecule has 0 N–H and O–H groups in total. The van der Waals surface area contributed by atoms with Gasteiger partial charge in [-0.15, -0.1) is 0 Å². The number of carbonyl (C=O) groups is 1.